The number of amides is 1. The lowest BCUT2D eigenvalue weighted by molar-refractivity contribution is -0.384. The van der Waals surface area contributed by atoms with Crippen LogP contribution in [-0.4, -0.2) is 36.5 Å². The number of nitro benzene ring substituents is 1. The summed E-state index contributed by atoms with van der Waals surface area (Å²) in [5, 5.41) is 16.2. The highest BCUT2D eigenvalue weighted by molar-refractivity contribution is 5.93. The number of hydrogen-bond donors (Lipinski definition) is 2. The monoisotopic (exact) mass is 309 g/mol. The van der Waals surface area contributed by atoms with E-state index in [1.54, 1.807) is 7.05 Å². The zero-order valence-electron chi connectivity index (χ0n) is 12.7. The van der Waals surface area contributed by atoms with Gasteiger partial charge in [-0.3, -0.25) is 14.9 Å². The van der Waals surface area contributed by atoms with Crippen molar-refractivity contribution in [2.24, 2.45) is 0 Å². The van der Waals surface area contributed by atoms with Crippen LogP contribution in [0.1, 0.15) is 30.6 Å². The molecular formula is C14H19N3O5. The van der Waals surface area contributed by atoms with Crippen molar-refractivity contribution in [2.45, 2.75) is 26.4 Å². The fraction of sp³-hybridized carbons (Fsp3) is 0.429. The van der Waals surface area contributed by atoms with Gasteiger partial charge < -0.3 is 15.4 Å². The van der Waals surface area contributed by atoms with E-state index in [2.05, 4.69) is 10.6 Å². The maximum Gasteiger partial charge on any atom is 0.339 e. The Hall–Kier alpha value is -2.64. The zero-order valence-corrected chi connectivity index (χ0v) is 12.7. The number of esters is 1. The Morgan fingerprint density at radius 3 is 2.64 bits per heavy atom. The number of ether oxygens (including phenoxy) is 1. The third-order valence-corrected chi connectivity index (χ3v) is 2.90. The van der Waals surface area contributed by atoms with E-state index in [4.69, 9.17) is 4.74 Å². The average Bonchev–Trinajstić information content (AvgIpc) is 2.51. The van der Waals surface area contributed by atoms with Crippen LogP contribution in [0.4, 0.5) is 11.4 Å². The van der Waals surface area contributed by atoms with Crippen molar-refractivity contribution in [3.63, 3.8) is 0 Å². The lowest BCUT2D eigenvalue weighted by Crippen LogP contribution is -2.36. The standard InChI is InChI=1S/C14H19N3O5/c1-4-7-16-13(18)9(2)22-14(19)10-5-6-11(15-3)12(8-10)17(20)21/h5-6,8-9,15H,4,7H2,1-3H3,(H,16,18)/t9-/m1/s1. The molecule has 0 heterocycles. The molecule has 120 valence electrons. The van der Waals surface area contributed by atoms with E-state index in [1.807, 2.05) is 6.92 Å². The maximum atomic E-state index is 12.0. The second kappa shape index (κ2) is 7.96. The Morgan fingerprint density at radius 1 is 1.41 bits per heavy atom. The molecule has 1 aromatic carbocycles. The molecule has 0 unspecified atom stereocenters. The van der Waals surface area contributed by atoms with Gasteiger partial charge in [0.05, 0.1) is 10.5 Å². The molecule has 0 aliphatic carbocycles. The molecule has 0 bridgehead atoms. The van der Waals surface area contributed by atoms with Gasteiger partial charge in [0.1, 0.15) is 5.69 Å². The molecule has 0 aliphatic rings. The lowest BCUT2D eigenvalue weighted by atomic mass is 10.1. The largest absolute Gasteiger partial charge is 0.449 e. The molecule has 0 saturated carbocycles. The molecule has 1 atom stereocenters. The van der Waals surface area contributed by atoms with E-state index < -0.39 is 22.9 Å². The van der Waals surface area contributed by atoms with Crippen LogP contribution in [-0.2, 0) is 9.53 Å². The van der Waals surface area contributed by atoms with Gasteiger partial charge in [-0.2, -0.15) is 0 Å². The van der Waals surface area contributed by atoms with E-state index in [9.17, 15) is 19.7 Å². The van der Waals surface area contributed by atoms with Crippen molar-refractivity contribution in [1.29, 1.82) is 0 Å². The Kier molecular flexibility index (Phi) is 6.30. The quantitative estimate of drug-likeness (QED) is 0.450. The molecule has 0 radical (unpaired) electrons. The van der Waals surface area contributed by atoms with Crippen molar-refractivity contribution in [3.05, 3.63) is 33.9 Å². The second-order valence-corrected chi connectivity index (χ2v) is 4.58. The van der Waals surface area contributed by atoms with Gasteiger partial charge in [0.25, 0.3) is 11.6 Å². The molecule has 1 aromatic rings. The van der Waals surface area contributed by atoms with Crippen LogP contribution in [0.15, 0.2) is 18.2 Å². The van der Waals surface area contributed by atoms with E-state index >= 15 is 0 Å². The SMILES string of the molecule is CCCNC(=O)[C@@H](C)OC(=O)c1ccc(NC)c([N+](=O)[O-])c1. The summed E-state index contributed by atoms with van der Waals surface area (Å²) in [6.45, 7) is 3.84. The van der Waals surface area contributed by atoms with E-state index in [0.29, 0.717) is 6.54 Å². The van der Waals surface area contributed by atoms with Gasteiger partial charge in [0.2, 0.25) is 0 Å². The first-order valence-corrected chi connectivity index (χ1v) is 6.85. The molecule has 2 N–H and O–H groups in total. The zero-order chi connectivity index (χ0) is 16.7. The van der Waals surface area contributed by atoms with Crippen molar-refractivity contribution >= 4 is 23.3 Å². The van der Waals surface area contributed by atoms with Gasteiger partial charge in [0.15, 0.2) is 6.10 Å². The Bertz CT molecular complexity index is 574. The number of hydrogen-bond acceptors (Lipinski definition) is 6. The summed E-state index contributed by atoms with van der Waals surface area (Å²) in [6.07, 6.45) is -0.202. The Morgan fingerprint density at radius 2 is 2.09 bits per heavy atom. The van der Waals surface area contributed by atoms with Crippen molar-refractivity contribution in [1.82, 2.24) is 5.32 Å². The van der Waals surface area contributed by atoms with Crippen LogP contribution in [0.25, 0.3) is 0 Å². The van der Waals surface area contributed by atoms with Gasteiger partial charge in [-0.25, -0.2) is 4.79 Å². The fourth-order valence-corrected chi connectivity index (χ4v) is 1.70. The Balaban J connectivity index is 2.83. The maximum absolute atomic E-state index is 12.0. The van der Waals surface area contributed by atoms with E-state index in [1.165, 1.54) is 19.1 Å². The molecule has 1 amide bonds. The van der Waals surface area contributed by atoms with Crippen LogP contribution in [0.2, 0.25) is 0 Å². The van der Waals surface area contributed by atoms with Crippen LogP contribution < -0.4 is 10.6 Å². The highest BCUT2D eigenvalue weighted by atomic mass is 16.6. The number of anilines is 1. The fourth-order valence-electron chi connectivity index (χ4n) is 1.70. The third kappa shape index (κ3) is 4.44. The second-order valence-electron chi connectivity index (χ2n) is 4.58. The summed E-state index contributed by atoms with van der Waals surface area (Å²) in [6, 6.07) is 3.93. The highest BCUT2D eigenvalue weighted by Crippen LogP contribution is 2.25. The molecule has 0 aliphatic heterocycles. The summed E-state index contributed by atoms with van der Waals surface area (Å²) in [7, 11) is 1.54. The highest BCUT2D eigenvalue weighted by Gasteiger charge is 2.21. The third-order valence-electron chi connectivity index (χ3n) is 2.90. The number of rotatable bonds is 7. The first-order chi connectivity index (χ1) is 10.4. The summed E-state index contributed by atoms with van der Waals surface area (Å²) >= 11 is 0. The molecule has 0 aromatic heterocycles. The smallest absolute Gasteiger partial charge is 0.339 e. The van der Waals surface area contributed by atoms with Gasteiger partial charge in [-0.05, 0) is 25.5 Å². The summed E-state index contributed by atoms with van der Waals surface area (Å²) in [5.74, 6) is -1.19. The molecule has 0 spiro atoms. The summed E-state index contributed by atoms with van der Waals surface area (Å²) in [5.41, 5.74) is 0.0659. The van der Waals surface area contributed by atoms with Gasteiger partial charge in [-0.1, -0.05) is 6.92 Å². The normalized spacial score (nSPS) is 11.4. The van der Waals surface area contributed by atoms with Crippen molar-refractivity contribution in [2.75, 3.05) is 18.9 Å². The Labute approximate surface area is 128 Å². The molecule has 0 fully saturated rings. The van der Waals surface area contributed by atoms with Gasteiger partial charge in [-0.15, -0.1) is 0 Å². The molecule has 1 rings (SSSR count). The van der Waals surface area contributed by atoms with Crippen molar-refractivity contribution < 1.29 is 19.2 Å². The molecule has 8 nitrogen and oxygen atoms in total. The molecule has 0 saturated heterocycles. The number of nitrogens with zero attached hydrogens (tertiary/aromatic N) is 1. The number of carbonyl (C=O) groups excluding carboxylic acids is 2. The summed E-state index contributed by atoms with van der Waals surface area (Å²) in [4.78, 5) is 34.0. The predicted octanol–water partition coefficient (Wildman–Crippen LogP) is 1.71. The topological polar surface area (TPSA) is 111 Å². The molecule has 8 heteroatoms. The molecule has 22 heavy (non-hydrogen) atoms. The number of carbonyl (C=O) groups is 2. The number of nitrogens with one attached hydrogen (secondary N) is 2. The van der Waals surface area contributed by atoms with Gasteiger partial charge >= 0.3 is 5.97 Å². The van der Waals surface area contributed by atoms with Crippen LogP contribution in [0.5, 0.6) is 0 Å². The van der Waals surface area contributed by atoms with E-state index in [-0.39, 0.29) is 16.9 Å². The minimum absolute atomic E-state index is 0.0147. The van der Waals surface area contributed by atoms with Crippen LogP contribution in [0.3, 0.4) is 0 Å². The minimum atomic E-state index is -0.970. The van der Waals surface area contributed by atoms with Crippen LogP contribution in [0, 0.1) is 10.1 Å². The minimum Gasteiger partial charge on any atom is -0.449 e. The molecular weight excluding hydrogens is 290 g/mol. The summed E-state index contributed by atoms with van der Waals surface area (Å²) < 4.78 is 5.01. The first kappa shape index (κ1) is 17.4. The lowest BCUT2D eigenvalue weighted by Gasteiger charge is -2.13. The van der Waals surface area contributed by atoms with Crippen LogP contribution >= 0.6 is 0 Å². The van der Waals surface area contributed by atoms with Gasteiger partial charge in [0, 0.05) is 19.7 Å². The first-order valence-electron chi connectivity index (χ1n) is 6.85. The number of nitro groups is 1. The number of benzene rings is 1. The predicted molar refractivity (Wildman–Crippen MR) is 80.8 cm³/mol. The van der Waals surface area contributed by atoms with E-state index in [0.717, 1.165) is 12.5 Å². The van der Waals surface area contributed by atoms with Crippen molar-refractivity contribution in [3.8, 4) is 0 Å². The average molecular weight is 309 g/mol.